The molecule has 1 atom stereocenters. The molecule has 0 bridgehead atoms. The van der Waals surface area contributed by atoms with Gasteiger partial charge in [-0.1, -0.05) is 6.92 Å². The molecular formula is C15H24N4O2. The molecule has 0 spiro atoms. The van der Waals surface area contributed by atoms with E-state index in [0.717, 1.165) is 30.4 Å². The standard InChI is InChI=1S/C15H24N4O2/c1-2-6-16-12-8-13(19-14(18-12)11-3-4-11)17-9-15(20)5-7-21-10-15/h8,11,20H,2-7,9-10H2,1H3,(H2,16,17,18,19). The number of aromatic nitrogens is 2. The Kier molecular flexibility index (Phi) is 4.26. The van der Waals surface area contributed by atoms with Crippen LogP contribution in [0.3, 0.4) is 0 Å². The SMILES string of the molecule is CCCNc1cc(NCC2(O)CCOC2)nc(C2CC2)n1. The number of nitrogens with one attached hydrogen (secondary N) is 2. The second-order valence-corrected chi connectivity index (χ2v) is 6.08. The van der Waals surface area contributed by atoms with Gasteiger partial charge in [-0.15, -0.1) is 0 Å². The van der Waals surface area contributed by atoms with Gasteiger partial charge in [-0.3, -0.25) is 0 Å². The third kappa shape index (κ3) is 3.83. The van der Waals surface area contributed by atoms with Gasteiger partial charge in [0.1, 0.15) is 23.1 Å². The summed E-state index contributed by atoms with van der Waals surface area (Å²) >= 11 is 0. The lowest BCUT2D eigenvalue weighted by Crippen LogP contribution is -2.37. The Labute approximate surface area is 125 Å². The van der Waals surface area contributed by atoms with Crippen LogP contribution in [-0.2, 0) is 4.74 Å². The van der Waals surface area contributed by atoms with Crippen LogP contribution in [-0.4, -0.2) is 47.0 Å². The van der Waals surface area contributed by atoms with Crippen molar-refractivity contribution >= 4 is 11.6 Å². The average molecular weight is 292 g/mol. The van der Waals surface area contributed by atoms with Gasteiger partial charge in [0.2, 0.25) is 0 Å². The second kappa shape index (κ2) is 6.15. The molecule has 0 radical (unpaired) electrons. The lowest BCUT2D eigenvalue weighted by atomic mass is 10.0. The molecule has 116 valence electrons. The molecule has 0 aromatic carbocycles. The Morgan fingerprint density at radius 3 is 2.71 bits per heavy atom. The number of anilines is 2. The van der Waals surface area contributed by atoms with E-state index in [4.69, 9.17) is 4.74 Å². The van der Waals surface area contributed by atoms with Crippen LogP contribution in [0, 0.1) is 0 Å². The highest BCUT2D eigenvalue weighted by Crippen LogP contribution is 2.38. The van der Waals surface area contributed by atoms with E-state index in [1.807, 2.05) is 6.07 Å². The lowest BCUT2D eigenvalue weighted by Gasteiger charge is -2.21. The topological polar surface area (TPSA) is 79.3 Å². The van der Waals surface area contributed by atoms with Crippen LogP contribution >= 0.6 is 0 Å². The molecule has 1 aliphatic carbocycles. The summed E-state index contributed by atoms with van der Waals surface area (Å²) in [6.07, 6.45) is 4.08. The van der Waals surface area contributed by atoms with Gasteiger partial charge in [-0.05, 0) is 19.3 Å². The molecule has 1 saturated heterocycles. The van der Waals surface area contributed by atoms with Gasteiger partial charge in [-0.2, -0.15) is 0 Å². The minimum Gasteiger partial charge on any atom is -0.386 e. The van der Waals surface area contributed by atoms with Crippen LogP contribution in [0.4, 0.5) is 11.6 Å². The molecule has 1 aromatic heterocycles. The molecule has 3 rings (SSSR count). The fourth-order valence-corrected chi connectivity index (χ4v) is 2.42. The summed E-state index contributed by atoms with van der Waals surface area (Å²) in [6.45, 7) is 4.50. The molecular weight excluding hydrogens is 268 g/mol. The predicted octanol–water partition coefficient (Wildman–Crippen LogP) is 1.74. The highest BCUT2D eigenvalue weighted by atomic mass is 16.5. The summed E-state index contributed by atoms with van der Waals surface area (Å²) in [6, 6.07) is 1.92. The van der Waals surface area contributed by atoms with E-state index in [-0.39, 0.29) is 0 Å². The van der Waals surface area contributed by atoms with Crippen LogP contribution in [0.1, 0.15) is 44.3 Å². The smallest absolute Gasteiger partial charge is 0.136 e. The van der Waals surface area contributed by atoms with Crippen molar-refractivity contribution in [2.24, 2.45) is 0 Å². The van der Waals surface area contributed by atoms with Gasteiger partial charge in [0.15, 0.2) is 0 Å². The summed E-state index contributed by atoms with van der Waals surface area (Å²) in [7, 11) is 0. The van der Waals surface area contributed by atoms with Crippen molar-refractivity contribution < 1.29 is 9.84 Å². The zero-order valence-electron chi connectivity index (χ0n) is 12.6. The second-order valence-electron chi connectivity index (χ2n) is 6.08. The first-order chi connectivity index (χ1) is 10.2. The quantitative estimate of drug-likeness (QED) is 0.710. The van der Waals surface area contributed by atoms with Gasteiger partial charge >= 0.3 is 0 Å². The fourth-order valence-electron chi connectivity index (χ4n) is 2.42. The average Bonchev–Trinajstić information content (AvgIpc) is 3.26. The molecule has 3 N–H and O–H groups in total. The maximum Gasteiger partial charge on any atom is 0.136 e. The summed E-state index contributed by atoms with van der Waals surface area (Å²) in [4.78, 5) is 9.16. The van der Waals surface area contributed by atoms with E-state index in [1.54, 1.807) is 0 Å². The molecule has 0 amide bonds. The first kappa shape index (κ1) is 14.5. The van der Waals surface area contributed by atoms with Gasteiger partial charge in [0, 0.05) is 38.1 Å². The minimum atomic E-state index is -0.776. The van der Waals surface area contributed by atoms with Crippen molar-refractivity contribution in [1.29, 1.82) is 0 Å². The zero-order valence-corrected chi connectivity index (χ0v) is 12.6. The first-order valence-corrected chi connectivity index (χ1v) is 7.85. The summed E-state index contributed by atoms with van der Waals surface area (Å²) in [5, 5.41) is 16.9. The van der Waals surface area contributed by atoms with E-state index >= 15 is 0 Å². The van der Waals surface area contributed by atoms with Crippen LogP contribution in [0.15, 0.2) is 6.07 Å². The molecule has 6 heteroatoms. The highest BCUT2D eigenvalue weighted by Gasteiger charge is 2.32. The Bertz CT molecular complexity index is 485. The summed E-state index contributed by atoms with van der Waals surface area (Å²) in [5.74, 6) is 3.07. The number of aliphatic hydroxyl groups is 1. The number of hydrogen-bond donors (Lipinski definition) is 3. The van der Waals surface area contributed by atoms with E-state index in [9.17, 15) is 5.11 Å². The number of hydrogen-bond acceptors (Lipinski definition) is 6. The van der Waals surface area contributed by atoms with E-state index in [2.05, 4.69) is 27.5 Å². The van der Waals surface area contributed by atoms with E-state index in [0.29, 0.717) is 32.1 Å². The molecule has 2 fully saturated rings. The van der Waals surface area contributed by atoms with Crippen molar-refractivity contribution in [3.63, 3.8) is 0 Å². The Morgan fingerprint density at radius 2 is 2.10 bits per heavy atom. The van der Waals surface area contributed by atoms with Crippen LogP contribution in [0.25, 0.3) is 0 Å². The molecule has 6 nitrogen and oxygen atoms in total. The molecule has 2 aliphatic rings. The number of ether oxygens (including phenoxy) is 1. The van der Waals surface area contributed by atoms with Crippen molar-refractivity contribution in [1.82, 2.24) is 9.97 Å². The van der Waals surface area contributed by atoms with Crippen molar-refractivity contribution in [2.75, 3.05) is 36.9 Å². The maximum atomic E-state index is 10.3. The normalized spacial score (nSPS) is 25.0. The summed E-state index contributed by atoms with van der Waals surface area (Å²) < 4.78 is 5.26. The Hall–Kier alpha value is -1.40. The Morgan fingerprint density at radius 1 is 1.33 bits per heavy atom. The molecule has 1 saturated carbocycles. The molecule has 21 heavy (non-hydrogen) atoms. The third-order valence-corrected chi connectivity index (χ3v) is 3.92. The number of rotatable bonds is 7. The van der Waals surface area contributed by atoms with Crippen LogP contribution < -0.4 is 10.6 Å². The molecule has 1 aliphatic heterocycles. The van der Waals surface area contributed by atoms with Crippen molar-refractivity contribution in [2.45, 2.75) is 44.1 Å². The summed E-state index contributed by atoms with van der Waals surface area (Å²) in [5.41, 5.74) is -0.776. The monoisotopic (exact) mass is 292 g/mol. The Balaban J connectivity index is 1.68. The van der Waals surface area contributed by atoms with E-state index < -0.39 is 5.60 Å². The fraction of sp³-hybridized carbons (Fsp3) is 0.733. The van der Waals surface area contributed by atoms with Crippen molar-refractivity contribution in [3.05, 3.63) is 11.9 Å². The molecule has 1 unspecified atom stereocenters. The third-order valence-electron chi connectivity index (χ3n) is 3.92. The highest BCUT2D eigenvalue weighted by molar-refractivity contribution is 5.48. The van der Waals surface area contributed by atoms with Gasteiger partial charge in [-0.25, -0.2) is 9.97 Å². The molecule has 1 aromatic rings. The largest absolute Gasteiger partial charge is 0.386 e. The van der Waals surface area contributed by atoms with E-state index in [1.165, 1.54) is 12.8 Å². The molecule has 2 heterocycles. The maximum absolute atomic E-state index is 10.3. The lowest BCUT2D eigenvalue weighted by molar-refractivity contribution is 0.0381. The predicted molar refractivity (Wildman–Crippen MR) is 81.7 cm³/mol. The van der Waals surface area contributed by atoms with Gasteiger partial charge in [0.25, 0.3) is 0 Å². The van der Waals surface area contributed by atoms with Crippen molar-refractivity contribution in [3.8, 4) is 0 Å². The minimum absolute atomic E-state index is 0.390. The van der Waals surface area contributed by atoms with Crippen LogP contribution in [0.2, 0.25) is 0 Å². The first-order valence-electron chi connectivity index (χ1n) is 7.85. The van der Waals surface area contributed by atoms with Gasteiger partial charge in [0.05, 0.1) is 6.61 Å². The number of nitrogens with zero attached hydrogens (tertiary/aromatic N) is 2. The van der Waals surface area contributed by atoms with Gasteiger partial charge < -0.3 is 20.5 Å². The zero-order chi connectivity index (χ0) is 14.7. The van der Waals surface area contributed by atoms with Crippen LogP contribution in [0.5, 0.6) is 0 Å².